The third-order valence-electron chi connectivity index (χ3n) is 3.74. The molecule has 0 aliphatic rings. The molecule has 0 bridgehead atoms. The van der Waals surface area contributed by atoms with Crippen molar-refractivity contribution in [3.05, 3.63) is 47.9 Å². The normalized spacial score (nSPS) is 14.0. The maximum absolute atomic E-state index is 12.3. The number of carbonyl (C=O) groups is 1. The topological polar surface area (TPSA) is 55.9 Å². The van der Waals surface area contributed by atoms with Crippen molar-refractivity contribution < 1.29 is 32.0 Å². The van der Waals surface area contributed by atoms with Crippen molar-refractivity contribution in [3.8, 4) is 5.75 Å². The first kappa shape index (κ1) is 18.9. The average Bonchev–Trinajstić information content (AvgIpc) is 2.92. The lowest BCUT2D eigenvalue weighted by molar-refractivity contribution is -0.908. The van der Waals surface area contributed by atoms with E-state index in [0.717, 1.165) is 28.6 Å². The summed E-state index contributed by atoms with van der Waals surface area (Å²) < 4.78 is 45.7. The highest BCUT2D eigenvalue weighted by molar-refractivity contribution is 5.93. The van der Waals surface area contributed by atoms with E-state index < -0.39 is 6.36 Å². The van der Waals surface area contributed by atoms with Crippen LogP contribution in [0.15, 0.2) is 40.8 Å². The molecule has 0 aliphatic carbocycles. The van der Waals surface area contributed by atoms with E-state index in [0.29, 0.717) is 12.2 Å². The molecule has 136 valence electrons. The Hall–Kier alpha value is -2.48. The lowest BCUT2D eigenvalue weighted by Crippen LogP contribution is -3.12. The van der Waals surface area contributed by atoms with Crippen molar-refractivity contribution >= 4 is 11.6 Å². The van der Waals surface area contributed by atoms with Gasteiger partial charge >= 0.3 is 6.36 Å². The average molecular weight is 357 g/mol. The van der Waals surface area contributed by atoms with Crippen LogP contribution in [0.1, 0.15) is 18.4 Å². The third kappa shape index (κ3) is 5.82. The quantitative estimate of drug-likeness (QED) is 0.835. The molecule has 8 heteroatoms. The molecule has 0 radical (unpaired) electrons. The smallest absolute Gasteiger partial charge is 0.460 e. The minimum atomic E-state index is -4.74. The van der Waals surface area contributed by atoms with Gasteiger partial charge in [0.25, 0.3) is 5.91 Å². The second kappa shape index (κ2) is 7.60. The molecule has 2 N–H and O–H groups in total. The van der Waals surface area contributed by atoms with Gasteiger partial charge in [0, 0.05) is 5.69 Å². The summed E-state index contributed by atoms with van der Waals surface area (Å²) in [7, 11) is 1.86. The van der Waals surface area contributed by atoms with E-state index in [-0.39, 0.29) is 17.7 Å². The number of furan rings is 1. The van der Waals surface area contributed by atoms with Gasteiger partial charge in [-0.2, -0.15) is 0 Å². The molecule has 0 saturated heterocycles. The molecular formula is C17H20F3N2O3+. The number of hydrogen-bond acceptors (Lipinski definition) is 3. The number of anilines is 1. The van der Waals surface area contributed by atoms with Gasteiger partial charge in [0.2, 0.25) is 0 Å². The zero-order valence-electron chi connectivity index (χ0n) is 14.1. The molecule has 2 aromatic rings. The van der Waals surface area contributed by atoms with Crippen molar-refractivity contribution in [2.75, 3.05) is 12.4 Å². The fourth-order valence-electron chi connectivity index (χ4n) is 2.22. The molecular weight excluding hydrogens is 337 g/mol. The minimum Gasteiger partial charge on any atom is -0.460 e. The highest BCUT2D eigenvalue weighted by Gasteiger charge is 2.31. The van der Waals surface area contributed by atoms with Gasteiger partial charge in [0.1, 0.15) is 18.1 Å². The molecule has 5 nitrogen and oxygen atoms in total. The van der Waals surface area contributed by atoms with Crippen LogP contribution in [0.5, 0.6) is 5.75 Å². The van der Waals surface area contributed by atoms with E-state index in [1.165, 1.54) is 12.1 Å². The summed E-state index contributed by atoms with van der Waals surface area (Å²) >= 11 is 0. The van der Waals surface area contributed by atoms with Crippen molar-refractivity contribution in [1.29, 1.82) is 0 Å². The van der Waals surface area contributed by atoms with E-state index in [1.807, 2.05) is 26.1 Å². The molecule has 0 saturated carbocycles. The van der Waals surface area contributed by atoms with Crippen LogP contribution >= 0.6 is 0 Å². The van der Waals surface area contributed by atoms with Crippen LogP contribution in [0.3, 0.4) is 0 Å². The number of alkyl halides is 3. The van der Waals surface area contributed by atoms with Crippen molar-refractivity contribution in [3.63, 3.8) is 0 Å². The second-order valence-corrected chi connectivity index (χ2v) is 5.82. The van der Waals surface area contributed by atoms with Gasteiger partial charge in [-0.1, -0.05) is 0 Å². The van der Waals surface area contributed by atoms with Crippen LogP contribution in [0.4, 0.5) is 18.9 Å². The van der Waals surface area contributed by atoms with Crippen LogP contribution in [-0.2, 0) is 11.3 Å². The summed E-state index contributed by atoms with van der Waals surface area (Å²) in [5.41, 5.74) is 0.396. The van der Waals surface area contributed by atoms with Gasteiger partial charge in [0.05, 0.1) is 7.05 Å². The van der Waals surface area contributed by atoms with Gasteiger partial charge in [-0.15, -0.1) is 13.2 Å². The fourth-order valence-corrected chi connectivity index (χ4v) is 2.22. The summed E-state index contributed by atoms with van der Waals surface area (Å²) in [4.78, 5) is 13.2. The minimum absolute atomic E-state index is 0.245. The van der Waals surface area contributed by atoms with Crippen LogP contribution in [0, 0.1) is 6.92 Å². The predicted molar refractivity (Wildman–Crippen MR) is 85.3 cm³/mol. The lowest BCUT2D eigenvalue weighted by Gasteiger charge is -2.20. The number of benzene rings is 1. The Balaban J connectivity index is 1.91. The number of halogens is 3. The number of ether oxygens (including phenoxy) is 1. The highest BCUT2D eigenvalue weighted by Crippen LogP contribution is 2.23. The Kier molecular flexibility index (Phi) is 5.73. The standard InChI is InChI=1S/C17H19F3N2O3/c1-11-4-7-15(24-11)10-22(3)12(2)16(23)21-13-5-8-14(9-6-13)25-17(18,19)20/h4-9,12H,10H2,1-3H3,(H,21,23)/p+1/t12-/m1/s1. The predicted octanol–water partition coefficient (Wildman–Crippen LogP) is 2.53. The Bertz CT molecular complexity index is 711. The summed E-state index contributed by atoms with van der Waals surface area (Å²) in [6.45, 7) is 4.16. The number of amides is 1. The Morgan fingerprint density at radius 3 is 2.40 bits per heavy atom. The zero-order valence-corrected chi connectivity index (χ0v) is 14.1. The molecule has 0 aliphatic heterocycles. The molecule has 25 heavy (non-hydrogen) atoms. The summed E-state index contributed by atoms with van der Waals surface area (Å²) in [5, 5.41) is 2.68. The van der Waals surface area contributed by atoms with E-state index >= 15 is 0 Å². The number of rotatable bonds is 6. The number of likely N-dealkylation sites (N-methyl/N-ethyl adjacent to an activating group) is 1. The lowest BCUT2D eigenvalue weighted by atomic mass is 10.2. The number of quaternary nitrogens is 1. The van der Waals surface area contributed by atoms with Crippen molar-refractivity contribution in [1.82, 2.24) is 0 Å². The number of carbonyl (C=O) groups excluding carboxylic acids is 1. The summed E-state index contributed by atoms with van der Waals surface area (Å²) in [6, 6.07) is 8.36. The summed E-state index contributed by atoms with van der Waals surface area (Å²) in [5.74, 6) is 1.00. The molecule has 1 unspecified atom stereocenters. The number of aryl methyl sites for hydroxylation is 1. The molecule has 2 atom stereocenters. The first-order valence-corrected chi connectivity index (χ1v) is 7.68. The van der Waals surface area contributed by atoms with Crippen LogP contribution in [0.2, 0.25) is 0 Å². The number of hydrogen-bond donors (Lipinski definition) is 2. The van der Waals surface area contributed by atoms with Gasteiger partial charge in [-0.25, -0.2) is 0 Å². The van der Waals surface area contributed by atoms with E-state index in [2.05, 4.69) is 10.1 Å². The Labute approximate surface area is 143 Å². The van der Waals surface area contributed by atoms with Crippen molar-refractivity contribution in [2.24, 2.45) is 0 Å². The third-order valence-corrected chi connectivity index (χ3v) is 3.74. The van der Waals surface area contributed by atoms with E-state index in [9.17, 15) is 18.0 Å². The van der Waals surface area contributed by atoms with E-state index in [4.69, 9.17) is 4.42 Å². The summed E-state index contributed by atoms with van der Waals surface area (Å²) in [6.07, 6.45) is -4.74. The van der Waals surface area contributed by atoms with Gasteiger partial charge in [-0.05, 0) is 50.2 Å². The molecule has 1 aromatic heterocycles. The van der Waals surface area contributed by atoms with Crippen LogP contribution < -0.4 is 15.0 Å². The van der Waals surface area contributed by atoms with Gasteiger partial charge in [-0.3, -0.25) is 4.79 Å². The maximum Gasteiger partial charge on any atom is 0.573 e. The first-order valence-electron chi connectivity index (χ1n) is 7.68. The van der Waals surface area contributed by atoms with E-state index in [1.54, 1.807) is 6.92 Å². The molecule has 0 spiro atoms. The maximum atomic E-state index is 12.3. The molecule has 1 amide bonds. The van der Waals surface area contributed by atoms with Gasteiger partial charge < -0.3 is 19.4 Å². The first-order chi connectivity index (χ1) is 11.6. The van der Waals surface area contributed by atoms with Crippen LogP contribution in [-0.4, -0.2) is 25.4 Å². The highest BCUT2D eigenvalue weighted by atomic mass is 19.4. The Morgan fingerprint density at radius 1 is 1.24 bits per heavy atom. The molecule has 1 heterocycles. The number of nitrogens with one attached hydrogen (secondary N) is 2. The molecule has 0 fully saturated rings. The molecule has 1 aromatic carbocycles. The van der Waals surface area contributed by atoms with Gasteiger partial charge in [0.15, 0.2) is 11.8 Å². The Morgan fingerprint density at radius 2 is 1.88 bits per heavy atom. The second-order valence-electron chi connectivity index (χ2n) is 5.82. The monoisotopic (exact) mass is 357 g/mol. The van der Waals surface area contributed by atoms with Crippen molar-refractivity contribution in [2.45, 2.75) is 32.8 Å². The zero-order chi connectivity index (χ0) is 18.6. The largest absolute Gasteiger partial charge is 0.573 e. The molecule has 2 rings (SSSR count). The fraction of sp³-hybridized carbons (Fsp3) is 0.353. The SMILES string of the molecule is Cc1ccc(C[NH+](C)[C@H](C)C(=O)Nc2ccc(OC(F)(F)F)cc2)o1. The van der Waals surface area contributed by atoms with Crippen LogP contribution in [0.25, 0.3) is 0 Å².